The molecule has 98 valence electrons. The van der Waals surface area contributed by atoms with Gasteiger partial charge in [0, 0.05) is 11.3 Å². The van der Waals surface area contributed by atoms with Crippen LogP contribution in [0.1, 0.15) is 25.6 Å². The van der Waals surface area contributed by atoms with Gasteiger partial charge in [0.1, 0.15) is 11.6 Å². The monoisotopic (exact) mass is 330 g/mol. The van der Waals surface area contributed by atoms with Gasteiger partial charge in [0.05, 0.1) is 9.86 Å². The fraction of sp³-hybridized carbons (Fsp3) is 0.500. The predicted octanol–water partition coefficient (Wildman–Crippen LogP) is 3.47. The van der Waals surface area contributed by atoms with Crippen molar-refractivity contribution in [2.24, 2.45) is 0 Å². The molecule has 0 bridgehead atoms. The lowest BCUT2D eigenvalue weighted by Gasteiger charge is -2.20. The van der Waals surface area contributed by atoms with E-state index in [9.17, 15) is 4.79 Å². The second-order valence-corrected chi connectivity index (χ2v) is 7.29. The summed E-state index contributed by atoms with van der Waals surface area (Å²) < 4.78 is 6.11. The first-order chi connectivity index (χ1) is 8.30. The second kappa shape index (κ2) is 6.21. The third-order valence-electron chi connectivity index (χ3n) is 1.88. The molecule has 1 unspecified atom stereocenters. The molecule has 6 heteroatoms. The van der Waals surface area contributed by atoms with Gasteiger partial charge in [-0.2, -0.15) is 5.26 Å². The molecule has 0 saturated carbocycles. The predicted molar refractivity (Wildman–Crippen MR) is 74.5 cm³/mol. The summed E-state index contributed by atoms with van der Waals surface area (Å²) in [5, 5.41) is 11.6. The SMILES string of the molecule is CC(C)(C)OC(=O)NC(C#N)Cc1ccc(Br)s1. The van der Waals surface area contributed by atoms with E-state index < -0.39 is 17.7 Å². The summed E-state index contributed by atoms with van der Waals surface area (Å²) in [4.78, 5) is 12.6. The van der Waals surface area contributed by atoms with Crippen LogP contribution in [0.2, 0.25) is 0 Å². The van der Waals surface area contributed by atoms with Crippen LogP contribution in [0.5, 0.6) is 0 Å². The molecule has 0 radical (unpaired) electrons. The fourth-order valence-electron chi connectivity index (χ4n) is 1.24. The third kappa shape index (κ3) is 5.52. The number of ether oxygens (including phenoxy) is 1. The first kappa shape index (κ1) is 15.0. The van der Waals surface area contributed by atoms with Gasteiger partial charge in [-0.25, -0.2) is 4.79 Å². The molecule has 0 aliphatic rings. The highest BCUT2D eigenvalue weighted by molar-refractivity contribution is 9.11. The molecule has 0 aliphatic carbocycles. The molecule has 0 aliphatic heterocycles. The number of carbonyl (C=O) groups excluding carboxylic acids is 1. The van der Waals surface area contributed by atoms with E-state index in [1.54, 1.807) is 32.1 Å². The molecule has 0 spiro atoms. The van der Waals surface area contributed by atoms with Crippen molar-refractivity contribution in [3.63, 3.8) is 0 Å². The number of alkyl carbamates (subject to hydrolysis) is 1. The van der Waals surface area contributed by atoms with Gasteiger partial charge in [-0.05, 0) is 48.8 Å². The van der Waals surface area contributed by atoms with Crippen molar-refractivity contribution in [2.45, 2.75) is 38.8 Å². The number of nitrogens with one attached hydrogen (secondary N) is 1. The lowest BCUT2D eigenvalue weighted by atomic mass is 10.2. The number of rotatable bonds is 3. The molecule has 1 rings (SSSR count). The molecule has 1 aromatic heterocycles. The van der Waals surface area contributed by atoms with E-state index in [0.717, 1.165) is 8.66 Å². The topological polar surface area (TPSA) is 62.1 Å². The molecule has 1 amide bonds. The van der Waals surface area contributed by atoms with E-state index in [2.05, 4.69) is 27.3 Å². The van der Waals surface area contributed by atoms with Crippen molar-refractivity contribution in [2.75, 3.05) is 0 Å². The first-order valence-electron chi connectivity index (χ1n) is 5.43. The van der Waals surface area contributed by atoms with Crippen LogP contribution in [0.15, 0.2) is 15.9 Å². The number of nitrogens with zero attached hydrogens (tertiary/aromatic N) is 1. The van der Waals surface area contributed by atoms with Crippen LogP contribution in [0.25, 0.3) is 0 Å². The zero-order valence-corrected chi connectivity index (χ0v) is 12.9. The number of halogens is 1. The number of hydrogen-bond acceptors (Lipinski definition) is 4. The highest BCUT2D eigenvalue weighted by Gasteiger charge is 2.19. The number of thiophene rings is 1. The zero-order valence-electron chi connectivity index (χ0n) is 10.5. The van der Waals surface area contributed by atoms with Crippen LogP contribution < -0.4 is 5.32 Å². The summed E-state index contributed by atoms with van der Waals surface area (Å²) in [7, 11) is 0. The summed E-state index contributed by atoms with van der Waals surface area (Å²) in [5.41, 5.74) is -0.559. The average Bonchev–Trinajstić information content (AvgIpc) is 2.60. The van der Waals surface area contributed by atoms with Crippen molar-refractivity contribution in [1.29, 1.82) is 5.26 Å². The highest BCUT2D eigenvalue weighted by atomic mass is 79.9. The Morgan fingerprint density at radius 3 is 2.72 bits per heavy atom. The van der Waals surface area contributed by atoms with Gasteiger partial charge < -0.3 is 10.1 Å². The molecule has 0 fully saturated rings. The van der Waals surface area contributed by atoms with E-state index in [1.165, 1.54) is 0 Å². The number of nitriles is 1. The molecule has 0 saturated heterocycles. The van der Waals surface area contributed by atoms with Crippen LogP contribution >= 0.6 is 27.3 Å². The molecular weight excluding hydrogens is 316 g/mol. The van der Waals surface area contributed by atoms with E-state index >= 15 is 0 Å². The van der Waals surface area contributed by atoms with Crippen LogP contribution in [-0.4, -0.2) is 17.7 Å². The molecule has 18 heavy (non-hydrogen) atoms. The zero-order chi connectivity index (χ0) is 13.8. The number of amides is 1. The van der Waals surface area contributed by atoms with Crippen LogP contribution in [0.3, 0.4) is 0 Å². The van der Waals surface area contributed by atoms with Gasteiger partial charge in [-0.1, -0.05) is 0 Å². The van der Waals surface area contributed by atoms with Crippen LogP contribution in [-0.2, 0) is 11.2 Å². The van der Waals surface area contributed by atoms with Crippen molar-refractivity contribution in [3.8, 4) is 6.07 Å². The molecule has 1 N–H and O–H groups in total. The maximum Gasteiger partial charge on any atom is 0.408 e. The van der Waals surface area contributed by atoms with Gasteiger partial charge in [-0.3, -0.25) is 0 Å². The Morgan fingerprint density at radius 1 is 1.61 bits per heavy atom. The maximum atomic E-state index is 11.5. The third-order valence-corrected chi connectivity index (χ3v) is 3.53. The lowest BCUT2D eigenvalue weighted by Crippen LogP contribution is -2.39. The van der Waals surface area contributed by atoms with Crippen LogP contribution in [0, 0.1) is 11.3 Å². The Hall–Kier alpha value is -1.06. The van der Waals surface area contributed by atoms with Gasteiger partial charge in [-0.15, -0.1) is 11.3 Å². The van der Waals surface area contributed by atoms with Gasteiger partial charge in [0.15, 0.2) is 0 Å². The highest BCUT2D eigenvalue weighted by Crippen LogP contribution is 2.23. The molecule has 1 atom stereocenters. The average molecular weight is 331 g/mol. The Labute approximate surface area is 119 Å². The van der Waals surface area contributed by atoms with E-state index in [0.29, 0.717) is 6.42 Å². The van der Waals surface area contributed by atoms with E-state index in [1.807, 2.05) is 12.1 Å². The summed E-state index contributed by atoms with van der Waals surface area (Å²) in [6, 6.07) is 5.32. The van der Waals surface area contributed by atoms with Crippen molar-refractivity contribution < 1.29 is 9.53 Å². The smallest absolute Gasteiger partial charge is 0.408 e. The lowest BCUT2D eigenvalue weighted by molar-refractivity contribution is 0.0516. The fourth-order valence-corrected chi connectivity index (χ4v) is 2.77. The normalized spacial score (nSPS) is 12.6. The van der Waals surface area contributed by atoms with Gasteiger partial charge in [0.2, 0.25) is 0 Å². The minimum absolute atomic E-state index is 0.478. The Kier molecular flexibility index (Phi) is 5.17. The standard InChI is InChI=1S/C12H15BrN2O2S/c1-12(2,3)17-11(16)15-8(7-14)6-9-4-5-10(13)18-9/h4-5,8H,6H2,1-3H3,(H,15,16). The molecule has 4 nitrogen and oxygen atoms in total. The van der Waals surface area contributed by atoms with Crippen molar-refractivity contribution >= 4 is 33.4 Å². The van der Waals surface area contributed by atoms with Crippen molar-refractivity contribution in [3.05, 3.63) is 20.8 Å². The van der Waals surface area contributed by atoms with Gasteiger partial charge in [0.25, 0.3) is 0 Å². The second-order valence-electron chi connectivity index (χ2n) is 4.74. The summed E-state index contributed by atoms with van der Waals surface area (Å²) in [6.45, 7) is 5.35. The Morgan fingerprint density at radius 2 is 2.28 bits per heavy atom. The quantitative estimate of drug-likeness (QED) is 0.922. The summed E-state index contributed by atoms with van der Waals surface area (Å²) in [6.07, 6.45) is -0.0869. The van der Waals surface area contributed by atoms with E-state index in [-0.39, 0.29) is 0 Å². The number of carbonyl (C=O) groups is 1. The maximum absolute atomic E-state index is 11.5. The minimum atomic E-state index is -0.578. The largest absolute Gasteiger partial charge is 0.444 e. The van der Waals surface area contributed by atoms with E-state index in [4.69, 9.17) is 10.00 Å². The molecule has 0 aromatic carbocycles. The van der Waals surface area contributed by atoms with Crippen LogP contribution in [0.4, 0.5) is 4.79 Å². The summed E-state index contributed by atoms with van der Waals surface area (Å²) >= 11 is 4.90. The molecule has 1 aromatic rings. The minimum Gasteiger partial charge on any atom is -0.444 e. The van der Waals surface area contributed by atoms with Crippen molar-refractivity contribution in [1.82, 2.24) is 5.32 Å². The molecular formula is C12H15BrN2O2S. The first-order valence-corrected chi connectivity index (χ1v) is 7.04. The summed E-state index contributed by atoms with van der Waals surface area (Å²) in [5.74, 6) is 0. The Balaban J connectivity index is 2.53. The van der Waals surface area contributed by atoms with Gasteiger partial charge >= 0.3 is 6.09 Å². The number of hydrogen-bond donors (Lipinski definition) is 1. The Bertz CT molecular complexity index is 459. The molecule has 1 heterocycles.